The number of nitrogens with zero attached hydrogens (tertiary/aromatic N) is 1. The zero-order chi connectivity index (χ0) is 10.6. The molecule has 0 saturated carbocycles. The van der Waals surface area contributed by atoms with Crippen LogP contribution < -0.4 is 5.32 Å². The van der Waals surface area contributed by atoms with Gasteiger partial charge in [-0.2, -0.15) is 0 Å². The van der Waals surface area contributed by atoms with Gasteiger partial charge in [-0.25, -0.2) is 4.98 Å². The summed E-state index contributed by atoms with van der Waals surface area (Å²) < 4.78 is 0. The van der Waals surface area contributed by atoms with Crippen LogP contribution in [-0.2, 0) is 0 Å². The first-order valence-corrected chi connectivity index (χ1v) is 4.54. The van der Waals surface area contributed by atoms with Gasteiger partial charge in [-0.05, 0) is 13.3 Å². The van der Waals surface area contributed by atoms with Gasteiger partial charge in [0, 0.05) is 6.54 Å². The molecule has 1 rings (SSSR count). The number of nitrogens with one attached hydrogen (secondary N) is 2. The quantitative estimate of drug-likeness (QED) is 0.649. The van der Waals surface area contributed by atoms with E-state index in [9.17, 15) is 9.90 Å². The van der Waals surface area contributed by atoms with Gasteiger partial charge in [0.25, 0.3) is 5.91 Å². The van der Waals surface area contributed by atoms with E-state index in [4.69, 9.17) is 0 Å². The van der Waals surface area contributed by atoms with Gasteiger partial charge in [0.1, 0.15) is 5.69 Å². The first kappa shape index (κ1) is 10.7. The molecule has 78 valence electrons. The van der Waals surface area contributed by atoms with E-state index >= 15 is 0 Å². The second kappa shape index (κ2) is 4.23. The van der Waals surface area contributed by atoms with Crippen LogP contribution in [0.3, 0.4) is 0 Å². The summed E-state index contributed by atoms with van der Waals surface area (Å²) in [4.78, 5) is 17.8. The van der Waals surface area contributed by atoms with Crippen molar-refractivity contribution in [1.29, 1.82) is 0 Å². The molecule has 14 heavy (non-hydrogen) atoms. The monoisotopic (exact) mass is 197 g/mol. The zero-order valence-electron chi connectivity index (χ0n) is 8.37. The van der Waals surface area contributed by atoms with Crippen molar-refractivity contribution < 1.29 is 9.90 Å². The molecule has 0 aromatic carbocycles. The van der Waals surface area contributed by atoms with E-state index in [0.717, 1.165) is 0 Å². The molecule has 0 aliphatic rings. The second-order valence-electron chi connectivity index (χ2n) is 3.50. The Labute approximate surface area is 82.6 Å². The van der Waals surface area contributed by atoms with Gasteiger partial charge in [0.05, 0.1) is 18.1 Å². The van der Waals surface area contributed by atoms with Gasteiger partial charge in [-0.3, -0.25) is 4.79 Å². The van der Waals surface area contributed by atoms with Crippen LogP contribution in [0.25, 0.3) is 0 Å². The Morgan fingerprint density at radius 3 is 3.00 bits per heavy atom. The fraction of sp³-hybridized carbons (Fsp3) is 0.556. The fourth-order valence-corrected chi connectivity index (χ4v) is 0.871. The summed E-state index contributed by atoms with van der Waals surface area (Å²) >= 11 is 0. The van der Waals surface area contributed by atoms with Gasteiger partial charge in [0.15, 0.2) is 0 Å². The molecule has 0 radical (unpaired) electrons. The SMILES string of the molecule is CCC(C)(O)CNC(=O)c1cnc[nH]1. The molecule has 0 fully saturated rings. The minimum absolute atomic E-state index is 0.237. The number of carbonyl (C=O) groups is 1. The Balaban J connectivity index is 2.43. The van der Waals surface area contributed by atoms with E-state index in [0.29, 0.717) is 12.1 Å². The molecule has 1 heterocycles. The number of aromatic amines is 1. The van der Waals surface area contributed by atoms with Crippen LogP contribution in [0.5, 0.6) is 0 Å². The summed E-state index contributed by atoms with van der Waals surface area (Å²) in [6.45, 7) is 3.78. The predicted octanol–water partition coefficient (Wildman–Crippen LogP) is 0.300. The standard InChI is InChI=1S/C9H15N3O2/c1-3-9(2,14)5-11-8(13)7-4-10-6-12-7/h4,6,14H,3,5H2,1-2H3,(H,10,12)(H,11,13). The number of H-pyrrole nitrogens is 1. The lowest BCUT2D eigenvalue weighted by atomic mass is 10.0. The largest absolute Gasteiger partial charge is 0.388 e. The third kappa shape index (κ3) is 2.85. The topological polar surface area (TPSA) is 78.0 Å². The van der Waals surface area contributed by atoms with Crippen LogP contribution in [0, 0.1) is 0 Å². The Bertz CT molecular complexity index is 293. The summed E-state index contributed by atoms with van der Waals surface area (Å²) in [6, 6.07) is 0. The van der Waals surface area contributed by atoms with Crippen molar-refractivity contribution in [3.63, 3.8) is 0 Å². The predicted molar refractivity (Wildman–Crippen MR) is 51.8 cm³/mol. The normalized spacial score (nSPS) is 14.8. The highest BCUT2D eigenvalue weighted by Crippen LogP contribution is 2.06. The first-order chi connectivity index (χ1) is 6.55. The third-order valence-electron chi connectivity index (χ3n) is 2.13. The zero-order valence-corrected chi connectivity index (χ0v) is 8.37. The smallest absolute Gasteiger partial charge is 0.269 e. The molecule has 0 saturated heterocycles. The molecule has 1 amide bonds. The lowest BCUT2D eigenvalue weighted by molar-refractivity contribution is 0.0517. The molecule has 0 aliphatic carbocycles. The highest BCUT2D eigenvalue weighted by molar-refractivity contribution is 5.91. The molecule has 1 atom stereocenters. The summed E-state index contributed by atoms with van der Waals surface area (Å²) in [6.07, 6.45) is 3.47. The summed E-state index contributed by atoms with van der Waals surface area (Å²) in [5, 5.41) is 12.2. The molecule has 0 bridgehead atoms. The number of hydrogen-bond donors (Lipinski definition) is 3. The van der Waals surface area contributed by atoms with Crippen molar-refractivity contribution >= 4 is 5.91 Å². The van der Waals surface area contributed by atoms with Crippen LogP contribution in [0.4, 0.5) is 0 Å². The van der Waals surface area contributed by atoms with E-state index in [-0.39, 0.29) is 12.5 Å². The van der Waals surface area contributed by atoms with Crippen LogP contribution >= 0.6 is 0 Å². The number of carbonyl (C=O) groups excluding carboxylic acids is 1. The van der Waals surface area contributed by atoms with Crippen LogP contribution in [0.15, 0.2) is 12.5 Å². The number of amides is 1. The summed E-state index contributed by atoms with van der Waals surface area (Å²) in [7, 11) is 0. The van der Waals surface area contributed by atoms with Gasteiger partial charge >= 0.3 is 0 Å². The molecule has 3 N–H and O–H groups in total. The molecular formula is C9H15N3O2. The molecular weight excluding hydrogens is 182 g/mol. The second-order valence-corrected chi connectivity index (χ2v) is 3.50. The average molecular weight is 197 g/mol. The van der Waals surface area contributed by atoms with Crippen molar-refractivity contribution in [2.75, 3.05) is 6.54 Å². The summed E-state index contributed by atoms with van der Waals surface area (Å²) in [5.74, 6) is -0.253. The number of aromatic nitrogens is 2. The fourth-order valence-electron chi connectivity index (χ4n) is 0.871. The molecule has 0 spiro atoms. The minimum Gasteiger partial charge on any atom is -0.388 e. The molecule has 1 unspecified atom stereocenters. The van der Waals surface area contributed by atoms with E-state index in [2.05, 4.69) is 15.3 Å². The number of aliphatic hydroxyl groups is 1. The molecule has 1 aromatic heterocycles. The molecule has 5 nitrogen and oxygen atoms in total. The first-order valence-electron chi connectivity index (χ1n) is 4.54. The summed E-state index contributed by atoms with van der Waals surface area (Å²) in [5.41, 5.74) is -0.452. The Kier molecular flexibility index (Phi) is 3.24. The highest BCUT2D eigenvalue weighted by atomic mass is 16.3. The average Bonchev–Trinajstić information content (AvgIpc) is 2.67. The van der Waals surface area contributed by atoms with Crippen LogP contribution in [0.2, 0.25) is 0 Å². The minimum atomic E-state index is -0.852. The molecule has 1 aromatic rings. The van der Waals surface area contributed by atoms with Crippen molar-refractivity contribution in [3.8, 4) is 0 Å². The van der Waals surface area contributed by atoms with Gasteiger partial charge in [0.2, 0.25) is 0 Å². The van der Waals surface area contributed by atoms with Crippen LogP contribution in [0.1, 0.15) is 30.8 Å². The third-order valence-corrected chi connectivity index (χ3v) is 2.13. The number of imidazole rings is 1. The lowest BCUT2D eigenvalue weighted by Crippen LogP contribution is -2.40. The van der Waals surface area contributed by atoms with E-state index in [1.165, 1.54) is 12.5 Å². The molecule has 0 aliphatic heterocycles. The van der Waals surface area contributed by atoms with E-state index < -0.39 is 5.60 Å². The Morgan fingerprint density at radius 1 is 1.79 bits per heavy atom. The maximum Gasteiger partial charge on any atom is 0.269 e. The number of hydrogen-bond acceptors (Lipinski definition) is 3. The maximum absolute atomic E-state index is 11.4. The Hall–Kier alpha value is -1.36. The Morgan fingerprint density at radius 2 is 2.50 bits per heavy atom. The van der Waals surface area contributed by atoms with Gasteiger partial charge < -0.3 is 15.4 Å². The van der Waals surface area contributed by atoms with Gasteiger partial charge in [-0.15, -0.1) is 0 Å². The lowest BCUT2D eigenvalue weighted by Gasteiger charge is -2.21. The van der Waals surface area contributed by atoms with Gasteiger partial charge in [-0.1, -0.05) is 6.92 Å². The van der Waals surface area contributed by atoms with E-state index in [1.54, 1.807) is 6.92 Å². The highest BCUT2D eigenvalue weighted by Gasteiger charge is 2.18. The van der Waals surface area contributed by atoms with Crippen molar-refractivity contribution in [2.24, 2.45) is 0 Å². The molecule has 5 heteroatoms. The van der Waals surface area contributed by atoms with Crippen molar-refractivity contribution in [2.45, 2.75) is 25.9 Å². The van der Waals surface area contributed by atoms with Crippen molar-refractivity contribution in [1.82, 2.24) is 15.3 Å². The van der Waals surface area contributed by atoms with Crippen LogP contribution in [-0.4, -0.2) is 33.1 Å². The van der Waals surface area contributed by atoms with E-state index in [1.807, 2.05) is 6.92 Å². The maximum atomic E-state index is 11.4. The van der Waals surface area contributed by atoms with Crippen molar-refractivity contribution in [3.05, 3.63) is 18.2 Å². The number of rotatable bonds is 4.